The van der Waals surface area contributed by atoms with Gasteiger partial charge in [0, 0.05) is 0 Å². The quantitative estimate of drug-likeness (QED) is 0.429. The first-order valence-electron chi connectivity index (χ1n) is 2.79. The molecule has 10 heavy (non-hydrogen) atoms. The SMILES string of the molecule is CCCONS(=O)(=O)CBr. The topological polar surface area (TPSA) is 55.4 Å². The molecule has 0 aliphatic heterocycles. The largest absolute Gasteiger partial charge is 0.287 e. The van der Waals surface area contributed by atoms with Crippen LogP contribution in [0.1, 0.15) is 13.3 Å². The fourth-order valence-electron chi connectivity index (χ4n) is 0.256. The second kappa shape index (κ2) is 5.06. The number of nitrogens with one attached hydrogen (secondary N) is 1. The van der Waals surface area contributed by atoms with E-state index in [9.17, 15) is 8.42 Å². The predicted octanol–water partition coefficient (Wildman–Crippen LogP) is 0.600. The minimum absolute atomic E-state index is 0.135. The van der Waals surface area contributed by atoms with Gasteiger partial charge in [-0.25, -0.2) is 8.42 Å². The Morgan fingerprint density at radius 1 is 1.60 bits per heavy atom. The van der Waals surface area contributed by atoms with Crippen molar-refractivity contribution in [3.8, 4) is 0 Å². The van der Waals surface area contributed by atoms with Gasteiger partial charge in [-0.2, -0.15) is 0 Å². The molecular weight excluding hydrogens is 222 g/mol. The summed E-state index contributed by atoms with van der Waals surface area (Å²) >= 11 is 2.79. The Morgan fingerprint density at radius 3 is 2.60 bits per heavy atom. The molecule has 0 aliphatic rings. The highest BCUT2D eigenvalue weighted by molar-refractivity contribution is 9.10. The van der Waals surface area contributed by atoms with E-state index >= 15 is 0 Å². The van der Waals surface area contributed by atoms with Gasteiger partial charge in [0.2, 0.25) is 10.0 Å². The maximum atomic E-state index is 10.6. The summed E-state index contributed by atoms with van der Waals surface area (Å²) in [6.07, 6.45) is 0.783. The van der Waals surface area contributed by atoms with Crippen molar-refractivity contribution in [2.24, 2.45) is 0 Å². The van der Waals surface area contributed by atoms with Gasteiger partial charge in [-0.3, -0.25) is 4.84 Å². The molecule has 0 amide bonds. The molecule has 0 unspecified atom stereocenters. The summed E-state index contributed by atoms with van der Waals surface area (Å²) in [5, 5.41) is 0. The maximum Gasteiger partial charge on any atom is 0.243 e. The average Bonchev–Trinajstić information content (AvgIpc) is 1.89. The highest BCUT2D eigenvalue weighted by Crippen LogP contribution is 1.90. The fraction of sp³-hybridized carbons (Fsp3) is 1.00. The van der Waals surface area contributed by atoms with Crippen LogP contribution < -0.4 is 4.89 Å². The lowest BCUT2D eigenvalue weighted by atomic mass is 10.5. The lowest BCUT2D eigenvalue weighted by Crippen LogP contribution is -2.24. The minimum atomic E-state index is -3.25. The Balaban J connectivity index is 3.49. The van der Waals surface area contributed by atoms with Crippen LogP contribution in [0.3, 0.4) is 0 Å². The maximum absolute atomic E-state index is 10.6. The molecule has 1 N–H and O–H groups in total. The van der Waals surface area contributed by atoms with E-state index in [1.54, 1.807) is 0 Å². The average molecular weight is 232 g/mol. The molecule has 0 saturated heterocycles. The number of rotatable bonds is 5. The zero-order chi connectivity index (χ0) is 8.04. The van der Waals surface area contributed by atoms with E-state index in [1.165, 1.54) is 0 Å². The second-order valence-corrected chi connectivity index (χ2v) is 4.64. The van der Waals surface area contributed by atoms with Gasteiger partial charge in [-0.05, 0) is 6.42 Å². The van der Waals surface area contributed by atoms with Crippen LogP contribution in [-0.4, -0.2) is 19.7 Å². The van der Waals surface area contributed by atoms with Crippen molar-refractivity contribution in [3.05, 3.63) is 0 Å². The van der Waals surface area contributed by atoms with E-state index in [0.717, 1.165) is 6.42 Å². The molecule has 0 aromatic carbocycles. The Bertz CT molecular complexity index is 167. The van der Waals surface area contributed by atoms with E-state index in [1.807, 2.05) is 11.8 Å². The molecule has 0 aromatic rings. The van der Waals surface area contributed by atoms with E-state index in [-0.39, 0.29) is 4.66 Å². The minimum Gasteiger partial charge on any atom is -0.287 e. The third kappa shape index (κ3) is 5.16. The molecule has 0 spiro atoms. The van der Waals surface area contributed by atoms with Crippen molar-refractivity contribution >= 4 is 26.0 Å². The number of sulfonamides is 1. The van der Waals surface area contributed by atoms with Gasteiger partial charge in [0.25, 0.3) is 0 Å². The van der Waals surface area contributed by atoms with E-state index in [0.29, 0.717) is 6.61 Å². The van der Waals surface area contributed by atoms with Crippen LogP contribution in [0, 0.1) is 0 Å². The molecule has 0 aliphatic carbocycles. The van der Waals surface area contributed by atoms with Gasteiger partial charge >= 0.3 is 0 Å². The molecule has 6 heteroatoms. The first-order valence-corrected chi connectivity index (χ1v) is 5.57. The van der Waals surface area contributed by atoms with Gasteiger partial charge in [0.05, 0.1) is 6.61 Å². The number of hydrogen-bond donors (Lipinski definition) is 1. The van der Waals surface area contributed by atoms with Gasteiger partial charge in [-0.1, -0.05) is 27.7 Å². The summed E-state index contributed by atoms with van der Waals surface area (Å²) in [6, 6.07) is 0. The van der Waals surface area contributed by atoms with Gasteiger partial charge in [0.15, 0.2) is 0 Å². The first-order chi connectivity index (χ1) is 4.62. The molecule has 62 valence electrons. The zero-order valence-electron chi connectivity index (χ0n) is 5.63. The van der Waals surface area contributed by atoms with Crippen LogP contribution in [0.5, 0.6) is 0 Å². The molecule has 0 saturated carbocycles. The Morgan fingerprint density at radius 2 is 2.20 bits per heavy atom. The van der Waals surface area contributed by atoms with Crippen molar-refractivity contribution in [1.82, 2.24) is 4.89 Å². The predicted molar refractivity (Wildman–Crippen MR) is 42.1 cm³/mol. The number of alkyl halides is 1. The van der Waals surface area contributed by atoms with Crippen molar-refractivity contribution in [2.45, 2.75) is 13.3 Å². The molecule has 4 nitrogen and oxygen atoms in total. The highest BCUT2D eigenvalue weighted by Gasteiger charge is 2.05. The van der Waals surface area contributed by atoms with Gasteiger partial charge in [-0.15, -0.1) is 0 Å². The lowest BCUT2D eigenvalue weighted by Gasteiger charge is -2.01. The monoisotopic (exact) mass is 231 g/mol. The molecule has 0 fully saturated rings. The Labute approximate surface area is 69.1 Å². The summed E-state index contributed by atoms with van der Waals surface area (Å²) < 4.78 is 21.0. The van der Waals surface area contributed by atoms with Crippen molar-refractivity contribution in [1.29, 1.82) is 0 Å². The molecular formula is C4H10BrNO3S. The Kier molecular flexibility index (Phi) is 5.24. The van der Waals surface area contributed by atoms with Crippen molar-refractivity contribution < 1.29 is 13.3 Å². The fourth-order valence-corrected chi connectivity index (χ4v) is 0.844. The zero-order valence-corrected chi connectivity index (χ0v) is 8.03. The third-order valence-corrected chi connectivity index (χ3v) is 3.10. The summed E-state index contributed by atoms with van der Waals surface area (Å²) in [7, 11) is -3.25. The smallest absolute Gasteiger partial charge is 0.243 e. The summed E-state index contributed by atoms with van der Waals surface area (Å²) in [5.74, 6) is 0. The highest BCUT2D eigenvalue weighted by atomic mass is 79.9. The second-order valence-electron chi connectivity index (χ2n) is 1.66. The number of hydrogen-bond acceptors (Lipinski definition) is 3. The van der Waals surface area contributed by atoms with Crippen LogP contribution in [0.4, 0.5) is 0 Å². The van der Waals surface area contributed by atoms with Gasteiger partial charge < -0.3 is 0 Å². The molecule has 0 heterocycles. The first kappa shape index (κ1) is 10.3. The normalized spacial score (nSPS) is 11.8. The van der Waals surface area contributed by atoms with Crippen molar-refractivity contribution in [3.63, 3.8) is 0 Å². The van der Waals surface area contributed by atoms with E-state index in [4.69, 9.17) is 0 Å². The van der Waals surface area contributed by atoms with Crippen LogP contribution in [-0.2, 0) is 14.9 Å². The molecule has 0 aromatic heterocycles. The van der Waals surface area contributed by atoms with E-state index in [2.05, 4.69) is 20.8 Å². The molecule has 0 bridgehead atoms. The molecule has 0 atom stereocenters. The van der Waals surface area contributed by atoms with Crippen LogP contribution in [0.2, 0.25) is 0 Å². The molecule has 0 radical (unpaired) electrons. The molecule has 0 rings (SSSR count). The van der Waals surface area contributed by atoms with Crippen molar-refractivity contribution in [2.75, 3.05) is 11.3 Å². The van der Waals surface area contributed by atoms with Gasteiger partial charge in [0.1, 0.15) is 4.66 Å². The third-order valence-electron chi connectivity index (χ3n) is 0.636. The van der Waals surface area contributed by atoms with Crippen LogP contribution in [0.25, 0.3) is 0 Å². The number of halogens is 1. The standard InChI is InChI=1S/C4H10BrNO3S/c1-2-3-9-6-10(7,8)4-5/h6H,2-4H2,1H3. The van der Waals surface area contributed by atoms with E-state index < -0.39 is 10.0 Å². The Hall–Kier alpha value is 0.350. The van der Waals surface area contributed by atoms with Crippen LogP contribution in [0.15, 0.2) is 0 Å². The lowest BCUT2D eigenvalue weighted by molar-refractivity contribution is 0.0943. The van der Waals surface area contributed by atoms with Crippen LogP contribution >= 0.6 is 15.9 Å². The summed E-state index contributed by atoms with van der Waals surface area (Å²) in [4.78, 5) is 6.51. The summed E-state index contributed by atoms with van der Waals surface area (Å²) in [6.45, 7) is 2.29. The summed E-state index contributed by atoms with van der Waals surface area (Å²) in [5.41, 5.74) is 0.